The fraction of sp³-hybridized carbons (Fsp3) is 0.308. The van der Waals surface area contributed by atoms with Gasteiger partial charge >= 0.3 is 0 Å². The zero-order valence-corrected chi connectivity index (χ0v) is 12.3. The molecular formula is C13H15Cl2N3O. The highest BCUT2D eigenvalue weighted by molar-refractivity contribution is 6.32. The predicted molar refractivity (Wildman–Crippen MR) is 77.8 cm³/mol. The third kappa shape index (κ3) is 2.96. The summed E-state index contributed by atoms with van der Waals surface area (Å²) in [6, 6.07) is 5.14. The maximum atomic E-state index is 6.21. The summed E-state index contributed by atoms with van der Waals surface area (Å²) in [4.78, 5) is 0. The van der Waals surface area contributed by atoms with Crippen LogP contribution in [0.1, 0.15) is 18.3 Å². The van der Waals surface area contributed by atoms with Gasteiger partial charge in [-0.15, -0.1) is 0 Å². The Morgan fingerprint density at radius 3 is 2.74 bits per heavy atom. The molecule has 2 rings (SSSR count). The highest BCUT2D eigenvalue weighted by atomic mass is 35.5. The average Bonchev–Trinajstić information content (AvgIpc) is 2.65. The van der Waals surface area contributed by atoms with Crippen molar-refractivity contribution in [3.05, 3.63) is 39.6 Å². The lowest BCUT2D eigenvalue weighted by Gasteiger charge is -2.10. The van der Waals surface area contributed by atoms with Crippen LogP contribution in [0.5, 0.6) is 5.75 Å². The molecule has 102 valence electrons. The Morgan fingerprint density at radius 1 is 1.37 bits per heavy atom. The topological polar surface area (TPSA) is 53.1 Å². The Labute approximate surface area is 122 Å². The molecule has 0 saturated heterocycles. The standard InChI is InChI=1S/C13H15Cl2N3O/c1-3-18-11(13(15)8(2)17-18)7-19-12-5-4-9(16)6-10(12)14/h4-6H,3,7,16H2,1-2H3. The Morgan fingerprint density at radius 2 is 2.11 bits per heavy atom. The first-order valence-electron chi connectivity index (χ1n) is 5.92. The first kappa shape index (κ1) is 14.0. The lowest BCUT2D eigenvalue weighted by Crippen LogP contribution is -2.06. The van der Waals surface area contributed by atoms with E-state index in [1.165, 1.54) is 0 Å². The van der Waals surface area contributed by atoms with Crippen molar-refractivity contribution in [3.8, 4) is 5.75 Å². The number of hydrogen-bond acceptors (Lipinski definition) is 3. The summed E-state index contributed by atoms with van der Waals surface area (Å²) in [6.07, 6.45) is 0. The van der Waals surface area contributed by atoms with Gasteiger partial charge in [-0.2, -0.15) is 5.10 Å². The minimum Gasteiger partial charge on any atom is -0.486 e. The Bertz CT molecular complexity index is 596. The molecule has 1 heterocycles. The minimum atomic E-state index is 0.317. The van der Waals surface area contributed by atoms with E-state index in [0.29, 0.717) is 28.1 Å². The van der Waals surface area contributed by atoms with Gasteiger partial charge in [0.1, 0.15) is 12.4 Å². The Kier molecular flexibility index (Phi) is 4.22. The molecule has 0 saturated carbocycles. The molecule has 19 heavy (non-hydrogen) atoms. The van der Waals surface area contributed by atoms with Gasteiger partial charge in [-0.25, -0.2) is 0 Å². The van der Waals surface area contributed by atoms with Crippen LogP contribution in [0, 0.1) is 6.92 Å². The molecule has 0 aliphatic rings. The number of aromatic nitrogens is 2. The summed E-state index contributed by atoms with van der Waals surface area (Å²) < 4.78 is 7.50. The molecule has 1 aromatic carbocycles. The molecule has 0 radical (unpaired) electrons. The second-order valence-electron chi connectivity index (χ2n) is 4.14. The highest BCUT2D eigenvalue weighted by Crippen LogP contribution is 2.28. The molecule has 2 N–H and O–H groups in total. The molecular weight excluding hydrogens is 285 g/mol. The number of nitrogens with zero attached hydrogens (tertiary/aromatic N) is 2. The molecule has 0 aliphatic carbocycles. The number of ether oxygens (including phenoxy) is 1. The van der Waals surface area contributed by atoms with Crippen molar-refractivity contribution in [1.82, 2.24) is 9.78 Å². The largest absolute Gasteiger partial charge is 0.486 e. The number of hydrogen-bond donors (Lipinski definition) is 1. The van der Waals surface area contributed by atoms with E-state index in [0.717, 1.165) is 17.9 Å². The molecule has 0 unspecified atom stereocenters. The van der Waals surface area contributed by atoms with Crippen LogP contribution < -0.4 is 10.5 Å². The smallest absolute Gasteiger partial charge is 0.138 e. The highest BCUT2D eigenvalue weighted by Gasteiger charge is 2.13. The predicted octanol–water partition coefficient (Wildman–Crippen LogP) is 3.68. The van der Waals surface area contributed by atoms with Crippen molar-refractivity contribution in [1.29, 1.82) is 0 Å². The number of nitrogen functional groups attached to an aromatic ring is 1. The summed E-state index contributed by atoms with van der Waals surface area (Å²) in [5.74, 6) is 0.577. The zero-order chi connectivity index (χ0) is 14.0. The lowest BCUT2D eigenvalue weighted by molar-refractivity contribution is 0.293. The van der Waals surface area contributed by atoms with Gasteiger partial charge in [-0.05, 0) is 32.0 Å². The van der Waals surface area contributed by atoms with E-state index in [-0.39, 0.29) is 0 Å². The maximum absolute atomic E-state index is 6.21. The fourth-order valence-corrected chi connectivity index (χ4v) is 2.22. The lowest BCUT2D eigenvalue weighted by atomic mass is 10.3. The number of nitrogens with two attached hydrogens (primary N) is 1. The van der Waals surface area contributed by atoms with Gasteiger partial charge < -0.3 is 10.5 Å². The van der Waals surface area contributed by atoms with Crippen molar-refractivity contribution >= 4 is 28.9 Å². The molecule has 0 amide bonds. The van der Waals surface area contributed by atoms with Crippen molar-refractivity contribution in [2.75, 3.05) is 5.73 Å². The van der Waals surface area contributed by atoms with Crippen molar-refractivity contribution in [2.24, 2.45) is 0 Å². The molecule has 1 aromatic heterocycles. The number of benzene rings is 1. The Hall–Kier alpha value is -1.39. The van der Waals surface area contributed by atoms with Crippen LogP contribution in [0.15, 0.2) is 18.2 Å². The van der Waals surface area contributed by atoms with Crippen LogP contribution in [0.25, 0.3) is 0 Å². The third-order valence-electron chi connectivity index (χ3n) is 2.77. The molecule has 0 atom stereocenters. The molecule has 0 bridgehead atoms. The van der Waals surface area contributed by atoms with Crippen LogP contribution in [-0.2, 0) is 13.2 Å². The van der Waals surface area contributed by atoms with Crippen LogP contribution in [0.4, 0.5) is 5.69 Å². The van der Waals surface area contributed by atoms with Gasteiger partial charge in [0.2, 0.25) is 0 Å². The minimum absolute atomic E-state index is 0.317. The molecule has 6 heteroatoms. The van der Waals surface area contributed by atoms with Gasteiger partial charge in [-0.1, -0.05) is 23.2 Å². The summed E-state index contributed by atoms with van der Waals surface area (Å²) in [7, 11) is 0. The van der Waals surface area contributed by atoms with Gasteiger partial charge in [0.25, 0.3) is 0 Å². The van der Waals surface area contributed by atoms with E-state index in [4.69, 9.17) is 33.7 Å². The van der Waals surface area contributed by atoms with Crippen LogP contribution in [0.3, 0.4) is 0 Å². The average molecular weight is 300 g/mol. The maximum Gasteiger partial charge on any atom is 0.138 e. The van der Waals surface area contributed by atoms with Crippen LogP contribution in [-0.4, -0.2) is 9.78 Å². The molecule has 2 aromatic rings. The van der Waals surface area contributed by atoms with Crippen LogP contribution >= 0.6 is 23.2 Å². The summed E-state index contributed by atoms with van der Waals surface area (Å²) in [5, 5.41) is 5.44. The van der Waals surface area contributed by atoms with E-state index in [9.17, 15) is 0 Å². The second kappa shape index (κ2) is 5.72. The van der Waals surface area contributed by atoms with E-state index in [1.54, 1.807) is 18.2 Å². The number of aryl methyl sites for hydroxylation is 2. The molecule has 0 fully saturated rings. The zero-order valence-electron chi connectivity index (χ0n) is 10.8. The normalized spacial score (nSPS) is 10.7. The molecule has 0 spiro atoms. The molecule has 0 aliphatic heterocycles. The quantitative estimate of drug-likeness (QED) is 0.876. The van der Waals surface area contributed by atoms with Crippen molar-refractivity contribution in [2.45, 2.75) is 27.0 Å². The first-order chi connectivity index (χ1) is 9.02. The SMILES string of the molecule is CCn1nc(C)c(Cl)c1COc1ccc(N)cc1Cl. The monoisotopic (exact) mass is 299 g/mol. The van der Waals surface area contributed by atoms with E-state index in [2.05, 4.69) is 5.10 Å². The number of rotatable bonds is 4. The first-order valence-corrected chi connectivity index (χ1v) is 6.68. The number of anilines is 1. The van der Waals surface area contributed by atoms with Crippen molar-refractivity contribution < 1.29 is 4.74 Å². The summed E-state index contributed by atoms with van der Waals surface area (Å²) >= 11 is 12.3. The fourth-order valence-electron chi connectivity index (χ4n) is 1.79. The van der Waals surface area contributed by atoms with Gasteiger partial charge in [0.15, 0.2) is 0 Å². The van der Waals surface area contributed by atoms with E-state index in [1.807, 2.05) is 18.5 Å². The van der Waals surface area contributed by atoms with Crippen LogP contribution in [0.2, 0.25) is 10.0 Å². The second-order valence-corrected chi connectivity index (χ2v) is 4.93. The number of halogens is 2. The van der Waals surface area contributed by atoms with E-state index >= 15 is 0 Å². The summed E-state index contributed by atoms with van der Waals surface area (Å²) in [5.41, 5.74) is 7.87. The molecule has 4 nitrogen and oxygen atoms in total. The third-order valence-corrected chi connectivity index (χ3v) is 3.56. The van der Waals surface area contributed by atoms with E-state index < -0.39 is 0 Å². The van der Waals surface area contributed by atoms with Crippen molar-refractivity contribution in [3.63, 3.8) is 0 Å². The van der Waals surface area contributed by atoms with Gasteiger partial charge in [-0.3, -0.25) is 4.68 Å². The summed E-state index contributed by atoms with van der Waals surface area (Å²) in [6.45, 7) is 4.93. The van der Waals surface area contributed by atoms with Gasteiger partial charge in [0.05, 0.1) is 21.4 Å². The Balaban J connectivity index is 2.18. The van der Waals surface area contributed by atoms with Gasteiger partial charge in [0, 0.05) is 12.2 Å².